The second-order valence-corrected chi connectivity index (χ2v) is 6.26. The summed E-state index contributed by atoms with van der Waals surface area (Å²) in [6.07, 6.45) is 0. The van der Waals surface area contributed by atoms with Gasteiger partial charge in [0.1, 0.15) is 12.1 Å². The van der Waals surface area contributed by atoms with Crippen LogP contribution in [0.25, 0.3) is 0 Å². The van der Waals surface area contributed by atoms with Gasteiger partial charge in [0, 0.05) is 19.6 Å². The Hall–Kier alpha value is -2.66. The van der Waals surface area contributed by atoms with Gasteiger partial charge in [0.05, 0.1) is 0 Å². The number of carbonyl (C=O) groups is 2. The van der Waals surface area contributed by atoms with E-state index in [0.29, 0.717) is 19.6 Å². The topological polar surface area (TPSA) is 60.9 Å². The summed E-state index contributed by atoms with van der Waals surface area (Å²) < 4.78 is 0. The second-order valence-electron chi connectivity index (χ2n) is 6.26. The van der Waals surface area contributed by atoms with E-state index in [1.807, 2.05) is 64.4 Å². The fourth-order valence-corrected chi connectivity index (χ4v) is 3.80. The predicted molar refractivity (Wildman–Crippen MR) is 88.1 cm³/mol. The van der Waals surface area contributed by atoms with E-state index >= 15 is 0 Å². The Labute approximate surface area is 140 Å². The van der Waals surface area contributed by atoms with E-state index in [2.05, 4.69) is 0 Å². The summed E-state index contributed by atoms with van der Waals surface area (Å²) in [5, 5.41) is 9.62. The summed E-state index contributed by atoms with van der Waals surface area (Å²) in [4.78, 5) is 28.4. The molecule has 2 atom stereocenters. The molecule has 24 heavy (non-hydrogen) atoms. The lowest BCUT2D eigenvalue weighted by atomic mass is 10.0. The van der Waals surface area contributed by atoms with Crippen molar-refractivity contribution in [3.8, 4) is 0 Å². The largest absolute Gasteiger partial charge is 0.480 e. The normalized spacial score (nSPS) is 23.0. The van der Waals surface area contributed by atoms with E-state index in [4.69, 9.17) is 0 Å². The first-order chi connectivity index (χ1) is 11.7. The van der Waals surface area contributed by atoms with Gasteiger partial charge in [-0.3, -0.25) is 14.5 Å². The van der Waals surface area contributed by atoms with Gasteiger partial charge in [0.2, 0.25) is 5.91 Å². The third kappa shape index (κ3) is 2.29. The Morgan fingerprint density at radius 2 is 1.67 bits per heavy atom. The molecule has 1 fully saturated rings. The summed E-state index contributed by atoms with van der Waals surface area (Å²) in [5.74, 6) is -0.907. The second kappa shape index (κ2) is 5.76. The molecule has 2 heterocycles. The number of amides is 1. The molecule has 4 rings (SSSR count). The molecule has 0 aliphatic carbocycles. The first-order valence-electron chi connectivity index (χ1n) is 8.07. The van der Waals surface area contributed by atoms with E-state index in [1.54, 1.807) is 0 Å². The highest BCUT2D eigenvalue weighted by molar-refractivity contribution is 5.89. The molecule has 2 unspecified atom stereocenters. The van der Waals surface area contributed by atoms with Crippen LogP contribution in [0.15, 0.2) is 54.6 Å². The molecule has 2 aliphatic heterocycles. The maximum Gasteiger partial charge on any atom is 0.325 e. The van der Waals surface area contributed by atoms with E-state index in [0.717, 1.165) is 16.7 Å². The predicted octanol–water partition coefficient (Wildman–Crippen LogP) is 2.21. The van der Waals surface area contributed by atoms with Gasteiger partial charge >= 0.3 is 5.97 Å². The average molecular weight is 322 g/mol. The van der Waals surface area contributed by atoms with E-state index in [-0.39, 0.29) is 5.91 Å². The number of benzene rings is 2. The number of hydrogen-bond donors (Lipinski definition) is 1. The van der Waals surface area contributed by atoms with Crippen LogP contribution in [0.3, 0.4) is 0 Å². The highest BCUT2D eigenvalue weighted by Gasteiger charge is 2.48. The Balaban J connectivity index is 1.66. The Bertz CT molecular complexity index is 790. The van der Waals surface area contributed by atoms with Crippen molar-refractivity contribution in [2.24, 2.45) is 0 Å². The molecule has 2 aromatic rings. The molecule has 0 saturated carbocycles. The van der Waals surface area contributed by atoms with Crippen LogP contribution >= 0.6 is 0 Å². The molecule has 0 bridgehead atoms. The quantitative estimate of drug-likeness (QED) is 0.941. The van der Waals surface area contributed by atoms with Crippen LogP contribution in [0.5, 0.6) is 0 Å². The molecule has 5 nitrogen and oxygen atoms in total. The van der Waals surface area contributed by atoms with Gasteiger partial charge in [-0.2, -0.15) is 0 Å². The highest BCUT2D eigenvalue weighted by Crippen LogP contribution is 2.44. The molecule has 2 aromatic carbocycles. The number of carboxylic acids is 1. The first-order valence-corrected chi connectivity index (χ1v) is 8.07. The number of piperazine rings is 1. The molecule has 2 aliphatic rings. The fourth-order valence-electron chi connectivity index (χ4n) is 3.80. The lowest BCUT2D eigenvalue weighted by molar-refractivity contribution is -0.151. The minimum atomic E-state index is -0.894. The molecule has 1 N–H and O–H groups in total. The molecule has 1 saturated heterocycles. The third-order valence-corrected chi connectivity index (χ3v) is 4.87. The lowest BCUT2D eigenvalue weighted by Gasteiger charge is -2.38. The van der Waals surface area contributed by atoms with Crippen LogP contribution in [0.2, 0.25) is 0 Å². The molecular formula is C19H18N2O3. The van der Waals surface area contributed by atoms with Gasteiger partial charge in [-0.25, -0.2) is 0 Å². The van der Waals surface area contributed by atoms with Crippen molar-refractivity contribution in [2.45, 2.75) is 18.6 Å². The zero-order valence-corrected chi connectivity index (χ0v) is 13.1. The van der Waals surface area contributed by atoms with Crippen molar-refractivity contribution in [3.05, 3.63) is 71.3 Å². The molecular weight excluding hydrogens is 304 g/mol. The molecule has 0 spiro atoms. The third-order valence-electron chi connectivity index (χ3n) is 4.87. The fraction of sp³-hybridized carbons (Fsp3) is 0.263. The number of aliphatic carboxylic acids is 1. The summed E-state index contributed by atoms with van der Waals surface area (Å²) in [5.41, 5.74) is 2.65. The summed E-state index contributed by atoms with van der Waals surface area (Å²) >= 11 is 0. The Morgan fingerprint density at radius 3 is 2.38 bits per heavy atom. The summed E-state index contributed by atoms with van der Waals surface area (Å²) in [6, 6.07) is 16.1. The van der Waals surface area contributed by atoms with E-state index in [9.17, 15) is 14.7 Å². The van der Waals surface area contributed by atoms with Crippen LogP contribution in [-0.4, -0.2) is 39.9 Å². The van der Waals surface area contributed by atoms with Gasteiger partial charge in [-0.05, 0) is 16.7 Å². The number of hydrogen-bond acceptors (Lipinski definition) is 3. The number of carbonyl (C=O) groups excluding carboxylic acids is 1. The molecule has 122 valence electrons. The number of nitrogens with zero attached hydrogens (tertiary/aromatic N) is 2. The first kappa shape index (κ1) is 14.9. The molecule has 0 radical (unpaired) electrons. The SMILES string of the molecule is O=C(O)C1c2ccccc2C2C(=O)N(Cc3ccccc3)CCN12. The molecule has 1 amide bonds. The van der Waals surface area contributed by atoms with Gasteiger partial charge < -0.3 is 10.0 Å². The van der Waals surface area contributed by atoms with Crippen molar-refractivity contribution in [3.63, 3.8) is 0 Å². The minimum absolute atomic E-state index is 0.0127. The van der Waals surface area contributed by atoms with E-state index in [1.165, 1.54) is 0 Å². The van der Waals surface area contributed by atoms with Crippen molar-refractivity contribution in [1.29, 1.82) is 0 Å². The van der Waals surface area contributed by atoms with Crippen LogP contribution < -0.4 is 0 Å². The van der Waals surface area contributed by atoms with Crippen LogP contribution in [0.1, 0.15) is 28.8 Å². The van der Waals surface area contributed by atoms with Gasteiger partial charge in [0.15, 0.2) is 0 Å². The Morgan fingerprint density at radius 1 is 1.00 bits per heavy atom. The van der Waals surface area contributed by atoms with Gasteiger partial charge in [0.25, 0.3) is 0 Å². The van der Waals surface area contributed by atoms with Gasteiger partial charge in [-0.15, -0.1) is 0 Å². The molecule has 5 heteroatoms. The van der Waals surface area contributed by atoms with Crippen molar-refractivity contribution < 1.29 is 14.7 Å². The number of carboxylic acid groups (broad SMARTS) is 1. The number of rotatable bonds is 3. The lowest BCUT2D eigenvalue weighted by Crippen LogP contribution is -2.51. The zero-order valence-electron chi connectivity index (χ0n) is 13.1. The summed E-state index contributed by atoms with van der Waals surface area (Å²) in [7, 11) is 0. The number of fused-ring (bicyclic) bond motifs is 3. The Kier molecular flexibility index (Phi) is 3.58. The van der Waals surface area contributed by atoms with Crippen molar-refractivity contribution in [2.75, 3.05) is 13.1 Å². The minimum Gasteiger partial charge on any atom is -0.480 e. The monoisotopic (exact) mass is 322 g/mol. The maximum absolute atomic E-state index is 13.0. The standard InChI is InChI=1S/C19H18N2O3/c22-18-16-14-8-4-5-9-15(14)17(19(23)24)21(16)11-10-20(18)12-13-6-2-1-3-7-13/h1-9,16-17H,10-12H2,(H,23,24). The van der Waals surface area contributed by atoms with Crippen molar-refractivity contribution in [1.82, 2.24) is 9.80 Å². The van der Waals surface area contributed by atoms with E-state index < -0.39 is 18.1 Å². The smallest absolute Gasteiger partial charge is 0.325 e. The highest BCUT2D eigenvalue weighted by atomic mass is 16.4. The zero-order chi connectivity index (χ0) is 16.7. The van der Waals surface area contributed by atoms with Crippen molar-refractivity contribution >= 4 is 11.9 Å². The van der Waals surface area contributed by atoms with Crippen LogP contribution in [0, 0.1) is 0 Å². The average Bonchev–Trinajstić information content (AvgIpc) is 2.93. The van der Waals surface area contributed by atoms with Gasteiger partial charge in [-0.1, -0.05) is 54.6 Å². The maximum atomic E-state index is 13.0. The molecule has 0 aromatic heterocycles. The summed E-state index contributed by atoms with van der Waals surface area (Å²) in [6.45, 7) is 1.67. The van der Waals surface area contributed by atoms with Crippen LogP contribution in [0.4, 0.5) is 0 Å². The van der Waals surface area contributed by atoms with Crippen LogP contribution in [-0.2, 0) is 16.1 Å².